The van der Waals surface area contributed by atoms with Crippen LogP contribution in [0.5, 0.6) is 0 Å². The lowest BCUT2D eigenvalue weighted by Gasteiger charge is -1.97. The standard InChI is InChI=1S/C13H13N3/c1-10-4-2-3-5-13(10)16-15-12-8-6-11(14)7-9-12/h2-9H,14H2,1H3/b16-15+. The second kappa shape index (κ2) is 4.57. The van der Waals surface area contributed by atoms with Gasteiger partial charge in [0, 0.05) is 5.69 Å². The summed E-state index contributed by atoms with van der Waals surface area (Å²) in [7, 11) is 0. The van der Waals surface area contributed by atoms with Crippen LogP contribution in [0.15, 0.2) is 58.8 Å². The Labute approximate surface area is 94.6 Å². The van der Waals surface area contributed by atoms with Gasteiger partial charge in [0.05, 0.1) is 11.4 Å². The molecule has 0 unspecified atom stereocenters. The summed E-state index contributed by atoms with van der Waals surface area (Å²) in [6.45, 7) is 2.01. The Bertz CT molecular complexity index is 501. The Morgan fingerprint density at radius 2 is 1.56 bits per heavy atom. The van der Waals surface area contributed by atoms with Crippen LogP contribution in [0.4, 0.5) is 17.1 Å². The first-order valence-electron chi connectivity index (χ1n) is 5.08. The molecule has 0 aromatic heterocycles. The van der Waals surface area contributed by atoms with Crippen molar-refractivity contribution in [3.63, 3.8) is 0 Å². The molecule has 2 aromatic carbocycles. The van der Waals surface area contributed by atoms with E-state index in [9.17, 15) is 0 Å². The van der Waals surface area contributed by atoms with Crippen LogP contribution in [0.25, 0.3) is 0 Å². The van der Waals surface area contributed by atoms with Gasteiger partial charge in [-0.1, -0.05) is 18.2 Å². The van der Waals surface area contributed by atoms with E-state index in [-0.39, 0.29) is 0 Å². The molecule has 3 nitrogen and oxygen atoms in total. The van der Waals surface area contributed by atoms with Crippen molar-refractivity contribution < 1.29 is 0 Å². The third-order valence-corrected chi connectivity index (χ3v) is 2.28. The summed E-state index contributed by atoms with van der Waals surface area (Å²) < 4.78 is 0. The highest BCUT2D eigenvalue weighted by atomic mass is 15.1. The summed E-state index contributed by atoms with van der Waals surface area (Å²) in [5.74, 6) is 0. The second-order valence-corrected chi connectivity index (χ2v) is 3.58. The number of benzene rings is 2. The van der Waals surface area contributed by atoms with Crippen molar-refractivity contribution >= 4 is 17.1 Å². The van der Waals surface area contributed by atoms with Crippen molar-refractivity contribution in [3.05, 3.63) is 54.1 Å². The molecule has 0 fully saturated rings. The maximum Gasteiger partial charge on any atom is 0.0886 e. The van der Waals surface area contributed by atoms with Crippen LogP contribution in [0, 0.1) is 6.92 Å². The van der Waals surface area contributed by atoms with Crippen molar-refractivity contribution in [1.82, 2.24) is 0 Å². The highest BCUT2D eigenvalue weighted by molar-refractivity contribution is 5.49. The number of azo groups is 1. The number of nitrogens with zero attached hydrogens (tertiary/aromatic N) is 2. The summed E-state index contributed by atoms with van der Waals surface area (Å²) >= 11 is 0. The molecule has 2 aromatic rings. The first kappa shape index (κ1) is 10.4. The monoisotopic (exact) mass is 211 g/mol. The number of rotatable bonds is 2. The quantitative estimate of drug-likeness (QED) is 0.592. The predicted octanol–water partition coefficient (Wildman–Crippen LogP) is 3.99. The highest BCUT2D eigenvalue weighted by Gasteiger charge is 1.93. The zero-order valence-corrected chi connectivity index (χ0v) is 9.09. The lowest BCUT2D eigenvalue weighted by Crippen LogP contribution is -1.80. The Morgan fingerprint density at radius 3 is 2.25 bits per heavy atom. The Kier molecular flexibility index (Phi) is 2.96. The van der Waals surface area contributed by atoms with Gasteiger partial charge >= 0.3 is 0 Å². The van der Waals surface area contributed by atoms with Gasteiger partial charge in [-0.2, -0.15) is 10.2 Å². The van der Waals surface area contributed by atoms with Gasteiger partial charge < -0.3 is 5.73 Å². The molecule has 0 amide bonds. The van der Waals surface area contributed by atoms with Crippen molar-refractivity contribution in [3.8, 4) is 0 Å². The number of hydrogen-bond acceptors (Lipinski definition) is 3. The molecule has 3 heteroatoms. The lowest BCUT2D eigenvalue weighted by molar-refractivity contribution is 1.21. The Hall–Kier alpha value is -2.16. The molecule has 0 radical (unpaired) electrons. The highest BCUT2D eigenvalue weighted by Crippen LogP contribution is 2.21. The van der Waals surface area contributed by atoms with E-state index in [4.69, 9.17) is 5.73 Å². The first-order valence-corrected chi connectivity index (χ1v) is 5.08. The van der Waals surface area contributed by atoms with Gasteiger partial charge in [0.2, 0.25) is 0 Å². The topological polar surface area (TPSA) is 50.7 Å². The smallest absolute Gasteiger partial charge is 0.0886 e. The zero-order valence-electron chi connectivity index (χ0n) is 9.09. The van der Waals surface area contributed by atoms with E-state index >= 15 is 0 Å². The van der Waals surface area contributed by atoms with Gasteiger partial charge in [-0.25, -0.2) is 0 Å². The molecule has 2 N–H and O–H groups in total. The average Bonchev–Trinajstić information content (AvgIpc) is 2.30. The van der Waals surface area contributed by atoms with Crippen molar-refractivity contribution in [2.75, 3.05) is 5.73 Å². The lowest BCUT2D eigenvalue weighted by atomic mass is 10.2. The van der Waals surface area contributed by atoms with Gasteiger partial charge in [0.1, 0.15) is 0 Å². The second-order valence-electron chi connectivity index (χ2n) is 3.58. The van der Waals surface area contributed by atoms with Gasteiger partial charge in [0.15, 0.2) is 0 Å². The number of anilines is 1. The summed E-state index contributed by atoms with van der Waals surface area (Å²) in [4.78, 5) is 0. The molecular weight excluding hydrogens is 198 g/mol. The number of nitrogen functional groups attached to an aromatic ring is 1. The predicted molar refractivity (Wildman–Crippen MR) is 66.2 cm³/mol. The van der Waals surface area contributed by atoms with E-state index < -0.39 is 0 Å². The van der Waals surface area contributed by atoms with E-state index in [1.54, 1.807) is 0 Å². The molecule has 0 atom stereocenters. The molecule has 0 aliphatic carbocycles. The van der Waals surface area contributed by atoms with E-state index in [0.29, 0.717) is 0 Å². The minimum Gasteiger partial charge on any atom is -0.399 e. The molecule has 16 heavy (non-hydrogen) atoms. The number of nitrogens with two attached hydrogens (primary N) is 1. The van der Waals surface area contributed by atoms with E-state index in [0.717, 1.165) is 22.6 Å². The number of hydrogen-bond donors (Lipinski definition) is 1. The molecule has 0 saturated heterocycles. The summed E-state index contributed by atoms with van der Waals surface area (Å²) in [6.07, 6.45) is 0. The molecule has 0 heterocycles. The van der Waals surface area contributed by atoms with E-state index in [1.807, 2.05) is 55.5 Å². The third kappa shape index (κ3) is 2.45. The van der Waals surface area contributed by atoms with Gasteiger partial charge in [-0.15, -0.1) is 0 Å². The summed E-state index contributed by atoms with van der Waals surface area (Å²) in [5.41, 5.74) is 9.12. The van der Waals surface area contributed by atoms with Gasteiger partial charge in [0.25, 0.3) is 0 Å². The van der Waals surface area contributed by atoms with Gasteiger partial charge in [-0.05, 0) is 42.8 Å². The van der Waals surface area contributed by atoms with Crippen LogP contribution in [0.1, 0.15) is 5.56 Å². The van der Waals surface area contributed by atoms with E-state index in [2.05, 4.69) is 10.2 Å². The van der Waals surface area contributed by atoms with Crippen molar-refractivity contribution in [2.45, 2.75) is 6.92 Å². The van der Waals surface area contributed by atoms with Crippen molar-refractivity contribution in [1.29, 1.82) is 0 Å². The average molecular weight is 211 g/mol. The normalized spacial score (nSPS) is 10.8. The summed E-state index contributed by atoms with van der Waals surface area (Å²) in [6, 6.07) is 15.2. The maximum atomic E-state index is 5.59. The molecule has 80 valence electrons. The van der Waals surface area contributed by atoms with Crippen LogP contribution in [-0.2, 0) is 0 Å². The van der Waals surface area contributed by atoms with Crippen LogP contribution in [0.3, 0.4) is 0 Å². The SMILES string of the molecule is Cc1ccccc1/N=N/c1ccc(N)cc1. The fourth-order valence-electron chi connectivity index (χ4n) is 1.33. The Balaban J connectivity index is 2.21. The molecular formula is C13H13N3. The summed E-state index contributed by atoms with van der Waals surface area (Å²) in [5, 5.41) is 8.34. The largest absolute Gasteiger partial charge is 0.399 e. The molecule has 0 saturated carbocycles. The third-order valence-electron chi connectivity index (χ3n) is 2.28. The first-order chi connectivity index (χ1) is 7.75. The van der Waals surface area contributed by atoms with E-state index in [1.165, 1.54) is 0 Å². The molecule has 0 aliphatic heterocycles. The molecule has 2 rings (SSSR count). The van der Waals surface area contributed by atoms with Crippen LogP contribution >= 0.6 is 0 Å². The maximum absolute atomic E-state index is 5.59. The fourth-order valence-corrected chi connectivity index (χ4v) is 1.33. The van der Waals surface area contributed by atoms with Crippen LogP contribution in [-0.4, -0.2) is 0 Å². The Morgan fingerprint density at radius 1 is 0.875 bits per heavy atom. The van der Waals surface area contributed by atoms with Crippen molar-refractivity contribution in [2.24, 2.45) is 10.2 Å². The fraction of sp³-hybridized carbons (Fsp3) is 0.0769. The minimum atomic E-state index is 0.731. The molecule has 0 bridgehead atoms. The molecule has 0 spiro atoms. The number of aryl methyl sites for hydroxylation is 1. The van der Waals surface area contributed by atoms with Crippen LogP contribution in [0.2, 0.25) is 0 Å². The minimum absolute atomic E-state index is 0.731. The van der Waals surface area contributed by atoms with Crippen LogP contribution < -0.4 is 5.73 Å². The zero-order chi connectivity index (χ0) is 11.4. The molecule has 0 aliphatic rings. The van der Waals surface area contributed by atoms with Gasteiger partial charge in [-0.3, -0.25) is 0 Å².